The zero-order valence-electron chi connectivity index (χ0n) is 11.1. The molecule has 0 radical (unpaired) electrons. The van der Waals surface area contributed by atoms with Crippen LogP contribution in [0.3, 0.4) is 0 Å². The van der Waals surface area contributed by atoms with Gasteiger partial charge in [-0.15, -0.1) is 0 Å². The van der Waals surface area contributed by atoms with Crippen molar-refractivity contribution in [3.8, 4) is 0 Å². The number of anilines is 2. The van der Waals surface area contributed by atoms with Crippen LogP contribution < -0.4 is 10.6 Å². The Morgan fingerprint density at radius 1 is 1.21 bits per heavy atom. The molecule has 6 nitrogen and oxygen atoms in total. The van der Waals surface area contributed by atoms with Crippen molar-refractivity contribution in [2.45, 2.75) is 51.2 Å². The van der Waals surface area contributed by atoms with E-state index in [1.165, 1.54) is 0 Å². The molecule has 1 saturated carbocycles. The van der Waals surface area contributed by atoms with Crippen molar-refractivity contribution >= 4 is 23.5 Å². The van der Waals surface area contributed by atoms with Crippen molar-refractivity contribution in [2.24, 2.45) is 0 Å². The third-order valence-corrected chi connectivity index (χ3v) is 3.35. The van der Waals surface area contributed by atoms with Crippen molar-refractivity contribution in [3.63, 3.8) is 0 Å². The first-order valence-electron chi connectivity index (χ1n) is 6.79. The van der Waals surface area contributed by atoms with Gasteiger partial charge in [-0.1, -0.05) is 19.8 Å². The smallest absolute Gasteiger partial charge is 0.229 e. The standard InChI is InChI=1S/C12H20ClN5O/c1-2-7-14-11-16-10(13)17-12(18-11)15-8-5-3-4-6-9(8)19/h8-9,19H,2-7H2,1H3,(H2,14,15,16,17,18). The molecule has 1 aromatic rings. The van der Waals surface area contributed by atoms with Crippen molar-refractivity contribution in [2.75, 3.05) is 17.2 Å². The Bertz CT molecular complexity index is 417. The van der Waals surface area contributed by atoms with Gasteiger partial charge in [0.1, 0.15) is 0 Å². The Balaban J connectivity index is 2.04. The van der Waals surface area contributed by atoms with E-state index < -0.39 is 0 Å². The summed E-state index contributed by atoms with van der Waals surface area (Å²) >= 11 is 5.88. The lowest BCUT2D eigenvalue weighted by molar-refractivity contribution is 0.116. The van der Waals surface area contributed by atoms with Crippen LogP contribution in [0, 0.1) is 0 Å². The second-order valence-electron chi connectivity index (χ2n) is 4.78. The second-order valence-corrected chi connectivity index (χ2v) is 5.12. The highest BCUT2D eigenvalue weighted by atomic mass is 35.5. The van der Waals surface area contributed by atoms with Crippen molar-refractivity contribution < 1.29 is 5.11 Å². The van der Waals surface area contributed by atoms with E-state index in [1.807, 2.05) is 0 Å². The topological polar surface area (TPSA) is 83.0 Å². The number of rotatable bonds is 5. The summed E-state index contributed by atoms with van der Waals surface area (Å²) in [6.07, 6.45) is 4.54. The molecule has 0 bridgehead atoms. The van der Waals surface area contributed by atoms with Gasteiger partial charge in [0.2, 0.25) is 17.2 Å². The fourth-order valence-corrected chi connectivity index (χ4v) is 2.34. The van der Waals surface area contributed by atoms with Crippen LogP contribution >= 0.6 is 11.6 Å². The maximum atomic E-state index is 9.93. The Kier molecular flexibility index (Phi) is 5.15. The molecule has 0 aromatic carbocycles. The quantitative estimate of drug-likeness (QED) is 0.768. The highest BCUT2D eigenvalue weighted by Gasteiger charge is 2.23. The van der Waals surface area contributed by atoms with Crippen LogP contribution in [0.1, 0.15) is 39.0 Å². The van der Waals surface area contributed by atoms with Gasteiger partial charge in [-0.05, 0) is 30.9 Å². The lowest BCUT2D eigenvalue weighted by atomic mass is 9.93. The van der Waals surface area contributed by atoms with Crippen molar-refractivity contribution in [3.05, 3.63) is 5.28 Å². The van der Waals surface area contributed by atoms with Crippen LogP contribution in [0.15, 0.2) is 0 Å². The van der Waals surface area contributed by atoms with Crippen molar-refractivity contribution in [1.29, 1.82) is 0 Å². The summed E-state index contributed by atoms with van der Waals surface area (Å²) in [7, 11) is 0. The van der Waals surface area contributed by atoms with Crippen LogP contribution in [0.25, 0.3) is 0 Å². The molecule has 1 fully saturated rings. The molecule has 2 rings (SSSR count). The highest BCUT2D eigenvalue weighted by Crippen LogP contribution is 2.21. The van der Waals surface area contributed by atoms with E-state index in [2.05, 4.69) is 32.5 Å². The summed E-state index contributed by atoms with van der Waals surface area (Å²) in [6.45, 7) is 2.85. The molecule has 1 aromatic heterocycles. The number of aliphatic hydroxyl groups is 1. The molecule has 106 valence electrons. The molecule has 0 aliphatic heterocycles. The predicted molar refractivity (Wildman–Crippen MR) is 75.5 cm³/mol. The van der Waals surface area contributed by atoms with Gasteiger partial charge in [0.05, 0.1) is 12.1 Å². The van der Waals surface area contributed by atoms with E-state index in [0.717, 1.165) is 38.6 Å². The summed E-state index contributed by atoms with van der Waals surface area (Å²) in [6, 6.07) is -0.00811. The van der Waals surface area contributed by atoms with Crippen LogP contribution in [-0.4, -0.2) is 38.7 Å². The van der Waals surface area contributed by atoms with E-state index in [-0.39, 0.29) is 17.4 Å². The minimum Gasteiger partial charge on any atom is -0.391 e. The maximum Gasteiger partial charge on any atom is 0.229 e. The molecule has 7 heteroatoms. The number of hydrogen-bond donors (Lipinski definition) is 3. The van der Waals surface area contributed by atoms with Gasteiger partial charge in [0.25, 0.3) is 0 Å². The van der Waals surface area contributed by atoms with E-state index in [9.17, 15) is 5.11 Å². The lowest BCUT2D eigenvalue weighted by Gasteiger charge is -2.28. The van der Waals surface area contributed by atoms with E-state index in [4.69, 9.17) is 11.6 Å². The molecule has 2 atom stereocenters. The zero-order valence-corrected chi connectivity index (χ0v) is 11.8. The normalized spacial score (nSPS) is 23.1. The number of aromatic nitrogens is 3. The Morgan fingerprint density at radius 2 is 1.95 bits per heavy atom. The van der Waals surface area contributed by atoms with E-state index >= 15 is 0 Å². The van der Waals surface area contributed by atoms with Gasteiger partial charge in [-0.2, -0.15) is 15.0 Å². The molecular weight excluding hydrogens is 266 g/mol. The van der Waals surface area contributed by atoms with Crippen LogP contribution in [0.5, 0.6) is 0 Å². The molecule has 1 heterocycles. The van der Waals surface area contributed by atoms with Crippen LogP contribution in [0.2, 0.25) is 5.28 Å². The molecule has 0 spiro atoms. The number of aliphatic hydroxyl groups excluding tert-OH is 1. The van der Waals surface area contributed by atoms with Gasteiger partial charge >= 0.3 is 0 Å². The largest absolute Gasteiger partial charge is 0.391 e. The highest BCUT2D eigenvalue weighted by molar-refractivity contribution is 6.28. The number of halogens is 1. The lowest BCUT2D eigenvalue weighted by Crippen LogP contribution is -2.37. The Morgan fingerprint density at radius 3 is 2.68 bits per heavy atom. The predicted octanol–water partition coefficient (Wildman–Crippen LogP) is 2.06. The molecule has 1 aliphatic rings. The van der Waals surface area contributed by atoms with Crippen LogP contribution in [0.4, 0.5) is 11.9 Å². The molecule has 2 unspecified atom stereocenters. The molecule has 0 amide bonds. The molecule has 19 heavy (non-hydrogen) atoms. The van der Waals surface area contributed by atoms with Gasteiger partial charge < -0.3 is 15.7 Å². The number of nitrogens with zero attached hydrogens (tertiary/aromatic N) is 3. The van der Waals surface area contributed by atoms with Gasteiger partial charge in [0.15, 0.2) is 0 Å². The first-order chi connectivity index (χ1) is 9.19. The Labute approximate surface area is 118 Å². The average molecular weight is 286 g/mol. The molecule has 1 aliphatic carbocycles. The fourth-order valence-electron chi connectivity index (χ4n) is 2.18. The SMILES string of the molecule is CCCNc1nc(Cl)nc(NC2CCCCC2O)n1. The summed E-state index contributed by atoms with van der Waals surface area (Å²) in [4.78, 5) is 12.3. The number of nitrogens with one attached hydrogen (secondary N) is 2. The minimum atomic E-state index is -0.351. The summed E-state index contributed by atoms with van der Waals surface area (Å²) in [5, 5.41) is 16.3. The van der Waals surface area contributed by atoms with Gasteiger partial charge in [-0.25, -0.2) is 0 Å². The molecule has 0 saturated heterocycles. The third-order valence-electron chi connectivity index (χ3n) is 3.19. The zero-order chi connectivity index (χ0) is 13.7. The number of hydrogen-bond acceptors (Lipinski definition) is 6. The third kappa shape index (κ3) is 4.18. The first-order valence-corrected chi connectivity index (χ1v) is 7.17. The van der Waals surface area contributed by atoms with E-state index in [0.29, 0.717) is 11.9 Å². The minimum absolute atomic E-state index is 0.00811. The second kappa shape index (κ2) is 6.86. The van der Waals surface area contributed by atoms with Gasteiger partial charge in [0, 0.05) is 6.54 Å². The average Bonchev–Trinajstić information content (AvgIpc) is 2.38. The summed E-state index contributed by atoms with van der Waals surface area (Å²) in [5.74, 6) is 0.888. The monoisotopic (exact) mass is 285 g/mol. The Hall–Kier alpha value is -1.14. The fraction of sp³-hybridized carbons (Fsp3) is 0.750. The molecular formula is C12H20ClN5O. The summed E-state index contributed by atoms with van der Waals surface area (Å²) in [5.41, 5.74) is 0. The first kappa shape index (κ1) is 14.3. The van der Waals surface area contributed by atoms with Crippen LogP contribution in [-0.2, 0) is 0 Å². The van der Waals surface area contributed by atoms with E-state index in [1.54, 1.807) is 0 Å². The van der Waals surface area contributed by atoms with Crippen molar-refractivity contribution in [1.82, 2.24) is 15.0 Å². The van der Waals surface area contributed by atoms with Gasteiger partial charge in [-0.3, -0.25) is 0 Å². The maximum absolute atomic E-state index is 9.93. The molecule has 3 N–H and O–H groups in total. The summed E-state index contributed by atoms with van der Waals surface area (Å²) < 4.78 is 0.